The Hall–Kier alpha value is -0.370. The van der Waals surface area contributed by atoms with Gasteiger partial charge in [-0.05, 0) is 17.7 Å². The molecular formula is C6H11NS. The fraction of sp³-hybridized carbons (Fsp3) is 0.333. The molecule has 2 heteroatoms. The zero-order valence-electron chi connectivity index (χ0n) is 5.22. The fourth-order valence-electron chi connectivity index (χ4n) is 0.231. The Balaban J connectivity index is 3.03. The molecule has 0 bridgehead atoms. The van der Waals surface area contributed by atoms with Crippen LogP contribution >= 0.6 is 11.8 Å². The molecule has 1 nitrogen and oxygen atoms in total. The summed E-state index contributed by atoms with van der Waals surface area (Å²) in [6.45, 7) is 2.00. The average Bonchev–Trinajstić information content (AvgIpc) is 1.81. The highest BCUT2D eigenvalue weighted by atomic mass is 32.2. The van der Waals surface area contributed by atoms with Gasteiger partial charge in [0.05, 0.1) is 0 Å². The van der Waals surface area contributed by atoms with E-state index in [0.717, 1.165) is 0 Å². The van der Waals surface area contributed by atoms with Crippen LogP contribution in [0, 0.1) is 0 Å². The molecular weight excluding hydrogens is 118 g/mol. The Bertz CT molecular complexity index is 86.5. The van der Waals surface area contributed by atoms with Crippen molar-refractivity contribution >= 4 is 11.8 Å². The normalized spacial score (nSPS) is 11.2. The summed E-state index contributed by atoms with van der Waals surface area (Å²) >= 11 is 1.65. The van der Waals surface area contributed by atoms with Crippen molar-refractivity contribution in [1.29, 1.82) is 0 Å². The maximum atomic E-state index is 2.89. The van der Waals surface area contributed by atoms with Gasteiger partial charge in [-0.2, -0.15) is 0 Å². The van der Waals surface area contributed by atoms with Crippen molar-refractivity contribution in [2.24, 2.45) is 0 Å². The molecule has 0 saturated heterocycles. The summed E-state index contributed by atoms with van der Waals surface area (Å²) in [7, 11) is 1.88. The molecule has 0 aromatic heterocycles. The summed E-state index contributed by atoms with van der Waals surface area (Å²) < 4.78 is 0. The van der Waals surface area contributed by atoms with Crippen molar-refractivity contribution in [2.75, 3.05) is 7.05 Å². The van der Waals surface area contributed by atoms with E-state index < -0.39 is 0 Å². The van der Waals surface area contributed by atoms with Crippen LogP contribution in [0.1, 0.15) is 6.92 Å². The van der Waals surface area contributed by atoms with Gasteiger partial charge in [-0.1, -0.05) is 6.08 Å². The molecule has 0 atom stereocenters. The smallest absolute Gasteiger partial charge is 0.00289 e. The minimum atomic E-state index is 1.65. The van der Waals surface area contributed by atoms with E-state index in [1.165, 1.54) is 0 Å². The highest BCUT2D eigenvalue weighted by molar-refractivity contribution is 8.04. The molecule has 0 rings (SSSR count). The van der Waals surface area contributed by atoms with Crippen molar-refractivity contribution in [3.8, 4) is 0 Å². The first-order valence-corrected chi connectivity index (χ1v) is 3.45. The topological polar surface area (TPSA) is 12.0 Å². The van der Waals surface area contributed by atoms with E-state index in [1.807, 2.05) is 37.1 Å². The molecule has 0 aliphatic heterocycles. The maximum Gasteiger partial charge on any atom is 0.00289 e. The second-order valence-electron chi connectivity index (χ2n) is 1.20. The van der Waals surface area contributed by atoms with Crippen molar-refractivity contribution < 1.29 is 0 Å². The Morgan fingerprint density at radius 3 is 2.62 bits per heavy atom. The lowest BCUT2D eigenvalue weighted by atomic mass is 10.8. The van der Waals surface area contributed by atoms with E-state index in [4.69, 9.17) is 0 Å². The highest BCUT2D eigenvalue weighted by Gasteiger charge is 1.64. The van der Waals surface area contributed by atoms with Gasteiger partial charge in [-0.25, -0.2) is 0 Å². The molecule has 46 valence electrons. The van der Waals surface area contributed by atoms with Crippen molar-refractivity contribution in [3.63, 3.8) is 0 Å². The molecule has 0 heterocycles. The second-order valence-corrected chi connectivity index (χ2v) is 2.01. The number of hydrogen-bond donors (Lipinski definition) is 1. The maximum absolute atomic E-state index is 2.89. The van der Waals surface area contributed by atoms with E-state index >= 15 is 0 Å². The van der Waals surface area contributed by atoms with E-state index in [2.05, 4.69) is 5.32 Å². The number of rotatable bonds is 3. The van der Waals surface area contributed by atoms with E-state index in [9.17, 15) is 0 Å². The Labute approximate surface area is 54.9 Å². The summed E-state index contributed by atoms with van der Waals surface area (Å²) in [6.07, 6.45) is 3.90. The molecule has 0 amide bonds. The number of thioether (sulfide) groups is 1. The molecule has 0 aromatic carbocycles. The van der Waals surface area contributed by atoms with E-state index in [1.54, 1.807) is 11.8 Å². The first-order valence-electron chi connectivity index (χ1n) is 2.50. The predicted octanol–water partition coefficient (Wildman–Crippen LogP) is 1.94. The first kappa shape index (κ1) is 7.63. The molecule has 0 fully saturated rings. The van der Waals surface area contributed by atoms with Crippen molar-refractivity contribution in [1.82, 2.24) is 5.32 Å². The summed E-state index contributed by atoms with van der Waals surface area (Å²) in [5.41, 5.74) is 0. The fourth-order valence-corrected chi connectivity index (χ4v) is 0.694. The molecule has 0 radical (unpaired) electrons. The predicted molar refractivity (Wildman–Crippen MR) is 40.6 cm³/mol. The lowest BCUT2D eigenvalue weighted by molar-refractivity contribution is 1.11. The largest absolute Gasteiger partial charge is 0.394 e. The Morgan fingerprint density at radius 1 is 1.38 bits per heavy atom. The van der Waals surface area contributed by atoms with Crippen molar-refractivity contribution in [3.05, 3.63) is 23.1 Å². The van der Waals surface area contributed by atoms with Crippen LogP contribution in [-0.4, -0.2) is 7.05 Å². The SMILES string of the molecule is CC=CSC=CNC. The monoisotopic (exact) mass is 129 g/mol. The lowest BCUT2D eigenvalue weighted by Crippen LogP contribution is -1.89. The van der Waals surface area contributed by atoms with Gasteiger partial charge in [-0.3, -0.25) is 0 Å². The van der Waals surface area contributed by atoms with Gasteiger partial charge in [0.2, 0.25) is 0 Å². The van der Waals surface area contributed by atoms with Crippen LogP contribution in [0.3, 0.4) is 0 Å². The standard InChI is InChI=1S/C6H11NS/c1-3-5-8-6-4-7-2/h3-7H,1-2H3. The third-order valence-corrected chi connectivity index (χ3v) is 1.25. The second kappa shape index (κ2) is 6.63. The quantitative estimate of drug-likeness (QED) is 0.625. The number of hydrogen-bond acceptors (Lipinski definition) is 2. The number of nitrogens with one attached hydrogen (secondary N) is 1. The Kier molecular flexibility index (Phi) is 6.32. The molecule has 0 spiro atoms. The summed E-state index contributed by atoms with van der Waals surface area (Å²) in [4.78, 5) is 0. The first-order chi connectivity index (χ1) is 3.91. The van der Waals surface area contributed by atoms with Crippen LogP contribution < -0.4 is 5.32 Å². The minimum absolute atomic E-state index is 1.65. The van der Waals surface area contributed by atoms with Gasteiger partial charge in [0.25, 0.3) is 0 Å². The Morgan fingerprint density at radius 2 is 2.12 bits per heavy atom. The molecule has 0 aliphatic carbocycles. The van der Waals surface area contributed by atoms with Crippen LogP contribution in [0.5, 0.6) is 0 Å². The molecule has 0 aromatic rings. The third kappa shape index (κ3) is 5.63. The van der Waals surface area contributed by atoms with Crippen molar-refractivity contribution in [2.45, 2.75) is 6.92 Å². The van der Waals surface area contributed by atoms with Crippen LogP contribution in [0.4, 0.5) is 0 Å². The molecule has 0 aliphatic rings. The van der Waals surface area contributed by atoms with Gasteiger partial charge in [0.15, 0.2) is 0 Å². The van der Waals surface area contributed by atoms with Crippen LogP contribution in [0.15, 0.2) is 23.1 Å². The van der Waals surface area contributed by atoms with Gasteiger partial charge < -0.3 is 5.32 Å². The zero-order chi connectivity index (χ0) is 6.24. The highest BCUT2D eigenvalue weighted by Crippen LogP contribution is 2.00. The van der Waals surface area contributed by atoms with Crippen LogP contribution in [-0.2, 0) is 0 Å². The summed E-state index contributed by atoms with van der Waals surface area (Å²) in [6, 6.07) is 0. The van der Waals surface area contributed by atoms with Crippen LogP contribution in [0.25, 0.3) is 0 Å². The molecule has 8 heavy (non-hydrogen) atoms. The lowest BCUT2D eigenvalue weighted by Gasteiger charge is -1.81. The van der Waals surface area contributed by atoms with Gasteiger partial charge in [0.1, 0.15) is 0 Å². The average molecular weight is 129 g/mol. The molecule has 1 N–H and O–H groups in total. The van der Waals surface area contributed by atoms with E-state index in [-0.39, 0.29) is 0 Å². The summed E-state index contributed by atoms with van der Waals surface area (Å²) in [5, 5.41) is 6.90. The van der Waals surface area contributed by atoms with Gasteiger partial charge >= 0.3 is 0 Å². The van der Waals surface area contributed by atoms with Gasteiger partial charge in [-0.15, -0.1) is 11.8 Å². The minimum Gasteiger partial charge on any atom is -0.394 e. The zero-order valence-corrected chi connectivity index (χ0v) is 6.03. The number of allylic oxidation sites excluding steroid dienone is 1. The third-order valence-electron chi connectivity index (χ3n) is 0.528. The van der Waals surface area contributed by atoms with Crippen LogP contribution in [0.2, 0.25) is 0 Å². The van der Waals surface area contributed by atoms with Gasteiger partial charge in [0, 0.05) is 13.2 Å². The molecule has 0 unspecified atom stereocenters. The summed E-state index contributed by atoms with van der Waals surface area (Å²) in [5.74, 6) is 0. The van der Waals surface area contributed by atoms with E-state index in [0.29, 0.717) is 0 Å². The molecule has 0 saturated carbocycles.